The van der Waals surface area contributed by atoms with E-state index in [1.165, 1.54) is 6.42 Å². The summed E-state index contributed by atoms with van der Waals surface area (Å²) in [4.78, 5) is 7.63. The fourth-order valence-corrected chi connectivity index (χ4v) is 3.11. The Bertz CT molecular complexity index is 342. The van der Waals surface area contributed by atoms with E-state index in [2.05, 4.69) is 44.0 Å². The summed E-state index contributed by atoms with van der Waals surface area (Å²) in [6, 6.07) is 0. The third kappa shape index (κ3) is 2.74. The maximum Gasteiger partial charge on any atom is 0.205 e. The highest BCUT2D eigenvalue weighted by Crippen LogP contribution is 2.28. The summed E-state index contributed by atoms with van der Waals surface area (Å²) in [5, 5.41) is 1.11. The minimum absolute atomic E-state index is 0.659. The largest absolute Gasteiger partial charge is 0.347 e. The smallest absolute Gasteiger partial charge is 0.205 e. The predicted molar refractivity (Wildman–Crippen MR) is 72.6 cm³/mol. The Morgan fingerprint density at radius 2 is 2.38 bits per heavy atom. The van der Waals surface area contributed by atoms with Crippen LogP contribution in [0.3, 0.4) is 0 Å². The fourth-order valence-electron chi connectivity index (χ4n) is 1.99. The molecule has 1 aromatic heterocycles. The molecule has 1 aliphatic heterocycles. The molecule has 2 rings (SSSR count). The van der Waals surface area contributed by atoms with Crippen molar-refractivity contribution >= 4 is 32.6 Å². The number of aryl methyl sites for hydroxylation is 1. The van der Waals surface area contributed by atoms with Crippen LogP contribution >= 0.6 is 27.5 Å². The van der Waals surface area contributed by atoms with Gasteiger partial charge in [-0.05, 0) is 18.8 Å². The molecular weight excluding hydrogens is 286 g/mol. The standard InChI is InChI=1S/C11H18BrN3S/c1-3-4-10-13-11(16-14-10)15-6-5-9(12)8(2)7-15/h8-9H,3-7H2,1-2H3. The van der Waals surface area contributed by atoms with Crippen LogP contribution in [0.15, 0.2) is 0 Å². The van der Waals surface area contributed by atoms with E-state index < -0.39 is 0 Å². The van der Waals surface area contributed by atoms with Gasteiger partial charge in [-0.15, -0.1) is 0 Å². The first-order valence-corrected chi connectivity index (χ1v) is 7.61. The summed E-state index contributed by atoms with van der Waals surface area (Å²) in [6.45, 7) is 6.65. The summed E-state index contributed by atoms with van der Waals surface area (Å²) >= 11 is 5.27. The Balaban J connectivity index is 2.01. The van der Waals surface area contributed by atoms with Crippen LogP contribution in [0.1, 0.15) is 32.5 Å². The number of hydrogen-bond donors (Lipinski definition) is 0. The van der Waals surface area contributed by atoms with Gasteiger partial charge >= 0.3 is 0 Å². The van der Waals surface area contributed by atoms with Crippen LogP contribution in [-0.2, 0) is 6.42 Å². The lowest BCUT2D eigenvalue weighted by atomic mass is 10.0. The molecule has 3 nitrogen and oxygen atoms in total. The Hall–Kier alpha value is -0.160. The topological polar surface area (TPSA) is 29.0 Å². The van der Waals surface area contributed by atoms with Crippen LogP contribution in [0.2, 0.25) is 0 Å². The van der Waals surface area contributed by atoms with E-state index in [-0.39, 0.29) is 0 Å². The normalized spacial score (nSPS) is 26.1. The highest BCUT2D eigenvalue weighted by Gasteiger charge is 2.25. The van der Waals surface area contributed by atoms with Gasteiger partial charge in [0.2, 0.25) is 5.13 Å². The molecule has 0 amide bonds. The Labute approximate surface area is 110 Å². The molecule has 2 unspecified atom stereocenters. The molecule has 2 heterocycles. The minimum Gasteiger partial charge on any atom is -0.347 e. The zero-order chi connectivity index (χ0) is 11.5. The van der Waals surface area contributed by atoms with Crippen molar-refractivity contribution in [3.63, 3.8) is 0 Å². The first-order valence-electron chi connectivity index (χ1n) is 5.92. The number of piperidine rings is 1. The van der Waals surface area contributed by atoms with E-state index in [0.717, 1.165) is 36.9 Å². The van der Waals surface area contributed by atoms with Crippen molar-refractivity contribution in [1.29, 1.82) is 0 Å². The summed E-state index contributed by atoms with van der Waals surface area (Å²) < 4.78 is 4.40. The molecule has 0 saturated carbocycles. The summed E-state index contributed by atoms with van der Waals surface area (Å²) in [5.41, 5.74) is 0. The van der Waals surface area contributed by atoms with Gasteiger partial charge in [-0.25, -0.2) is 4.98 Å². The number of hydrogen-bond acceptors (Lipinski definition) is 4. The van der Waals surface area contributed by atoms with Gasteiger partial charge in [-0.3, -0.25) is 0 Å². The molecule has 1 saturated heterocycles. The molecule has 0 bridgehead atoms. The molecule has 5 heteroatoms. The number of rotatable bonds is 3. The van der Waals surface area contributed by atoms with Crippen molar-refractivity contribution in [1.82, 2.24) is 9.36 Å². The van der Waals surface area contributed by atoms with Crippen molar-refractivity contribution in [2.45, 2.75) is 37.9 Å². The second kappa shape index (κ2) is 5.45. The first-order chi connectivity index (χ1) is 7.70. The number of alkyl halides is 1. The van der Waals surface area contributed by atoms with Gasteiger partial charge in [0, 0.05) is 35.9 Å². The molecule has 90 valence electrons. The first kappa shape index (κ1) is 12.3. The van der Waals surface area contributed by atoms with Crippen molar-refractivity contribution in [2.24, 2.45) is 5.92 Å². The van der Waals surface area contributed by atoms with Gasteiger partial charge in [-0.2, -0.15) is 4.37 Å². The molecule has 0 aromatic carbocycles. The van der Waals surface area contributed by atoms with Crippen molar-refractivity contribution in [3.05, 3.63) is 5.82 Å². The Kier molecular flexibility index (Phi) is 4.19. The SMILES string of the molecule is CCCc1nsc(N2CCC(Br)C(C)C2)n1. The molecule has 2 atom stereocenters. The van der Waals surface area contributed by atoms with E-state index in [1.807, 2.05) is 0 Å². The molecule has 1 fully saturated rings. The lowest BCUT2D eigenvalue weighted by molar-refractivity contribution is 0.465. The molecule has 0 spiro atoms. The van der Waals surface area contributed by atoms with E-state index in [4.69, 9.17) is 0 Å². The zero-order valence-corrected chi connectivity index (χ0v) is 12.2. The third-order valence-corrected chi connectivity index (χ3v) is 5.18. The molecular formula is C11H18BrN3S. The van der Waals surface area contributed by atoms with Gasteiger partial charge in [-0.1, -0.05) is 29.8 Å². The summed E-state index contributed by atoms with van der Waals surface area (Å²) in [5.74, 6) is 1.70. The van der Waals surface area contributed by atoms with Gasteiger partial charge in [0.15, 0.2) is 0 Å². The molecule has 0 radical (unpaired) electrons. The maximum absolute atomic E-state index is 4.60. The van der Waals surface area contributed by atoms with Gasteiger partial charge in [0.1, 0.15) is 5.82 Å². The van der Waals surface area contributed by atoms with Crippen LogP contribution in [0.5, 0.6) is 0 Å². The maximum atomic E-state index is 4.60. The highest BCUT2D eigenvalue weighted by molar-refractivity contribution is 9.09. The van der Waals surface area contributed by atoms with Crippen LogP contribution in [0, 0.1) is 5.92 Å². The van der Waals surface area contributed by atoms with Crippen LogP contribution in [0.4, 0.5) is 5.13 Å². The lowest BCUT2D eigenvalue weighted by Crippen LogP contribution is -2.39. The van der Waals surface area contributed by atoms with E-state index in [0.29, 0.717) is 10.7 Å². The average Bonchev–Trinajstić information content (AvgIpc) is 2.71. The zero-order valence-electron chi connectivity index (χ0n) is 9.82. The van der Waals surface area contributed by atoms with E-state index in [9.17, 15) is 0 Å². The fraction of sp³-hybridized carbons (Fsp3) is 0.818. The van der Waals surface area contributed by atoms with Crippen molar-refractivity contribution < 1.29 is 0 Å². The Morgan fingerprint density at radius 3 is 3.06 bits per heavy atom. The predicted octanol–water partition coefficient (Wildman–Crippen LogP) is 3.10. The number of nitrogens with zero attached hydrogens (tertiary/aromatic N) is 3. The van der Waals surface area contributed by atoms with Crippen LogP contribution in [0.25, 0.3) is 0 Å². The number of halogens is 1. The number of anilines is 1. The second-order valence-corrected chi connectivity index (χ2v) is 6.38. The minimum atomic E-state index is 0.659. The molecule has 1 aliphatic rings. The van der Waals surface area contributed by atoms with Crippen LogP contribution < -0.4 is 4.90 Å². The number of aromatic nitrogens is 2. The van der Waals surface area contributed by atoms with Crippen LogP contribution in [-0.4, -0.2) is 27.3 Å². The van der Waals surface area contributed by atoms with Gasteiger partial charge in [0.25, 0.3) is 0 Å². The van der Waals surface area contributed by atoms with Crippen molar-refractivity contribution in [3.8, 4) is 0 Å². The average molecular weight is 304 g/mol. The third-order valence-electron chi connectivity index (χ3n) is 3.00. The van der Waals surface area contributed by atoms with Gasteiger partial charge < -0.3 is 4.90 Å². The molecule has 1 aromatic rings. The molecule has 0 aliphatic carbocycles. The lowest BCUT2D eigenvalue weighted by Gasteiger charge is -2.33. The van der Waals surface area contributed by atoms with Gasteiger partial charge in [0.05, 0.1) is 0 Å². The Morgan fingerprint density at radius 1 is 1.56 bits per heavy atom. The quantitative estimate of drug-likeness (QED) is 0.804. The second-order valence-electron chi connectivity index (χ2n) is 4.47. The molecule has 16 heavy (non-hydrogen) atoms. The summed E-state index contributed by atoms with van der Waals surface area (Å²) in [6.07, 6.45) is 3.32. The highest BCUT2D eigenvalue weighted by atomic mass is 79.9. The van der Waals surface area contributed by atoms with Crippen molar-refractivity contribution in [2.75, 3.05) is 18.0 Å². The summed E-state index contributed by atoms with van der Waals surface area (Å²) in [7, 11) is 0. The van der Waals surface area contributed by atoms with E-state index >= 15 is 0 Å². The monoisotopic (exact) mass is 303 g/mol. The van der Waals surface area contributed by atoms with E-state index in [1.54, 1.807) is 11.5 Å². The molecule has 0 N–H and O–H groups in total.